The average Bonchev–Trinajstić information content (AvgIpc) is 2.36. The van der Waals surface area contributed by atoms with Crippen molar-refractivity contribution in [2.75, 3.05) is 17.6 Å². The number of rotatable bonds is 4. The monoisotopic (exact) mass is 326 g/mol. The molecule has 0 radical (unpaired) electrons. The minimum Gasteiger partial charge on any atom is -0.397 e. The van der Waals surface area contributed by atoms with Gasteiger partial charge in [0.2, 0.25) is 0 Å². The molecule has 0 heterocycles. The summed E-state index contributed by atoms with van der Waals surface area (Å²) in [6, 6.07) is 9.48. The van der Waals surface area contributed by atoms with Crippen LogP contribution < -0.4 is 11.1 Å². The number of nitrogens with two attached hydrogens (primary N) is 1. The number of hydrogen-bond acceptors (Lipinski definition) is 2. The van der Waals surface area contributed by atoms with E-state index in [9.17, 15) is 8.78 Å². The van der Waals surface area contributed by atoms with Gasteiger partial charge in [0, 0.05) is 11.0 Å². The van der Waals surface area contributed by atoms with Crippen molar-refractivity contribution >= 4 is 27.3 Å². The average molecular weight is 327 g/mol. The summed E-state index contributed by atoms with van der Waals surface area (Å²) >= 11 is 3.33. The molecule has 2 rings (SSSR count). The Balaban J connectivity index is 1.94. The fourth-order valence-electron chi connectivity index (χ4n) is 1.73. The molecule has 100 valence electrons. The van der Waals surface area contributed by atoms with E-state index in [-0.39, 0.29) is 0 Å². The Morgan fingerprint density at radius 1 is 1.05 bits per heavy atom. The Kier molecular flexibility index (Phi) is 4.37. The first-order valence-electron chi connectivity index (χ1n) is 5.79. The first kappa shape index (κ1) is 13.8. The van der Waals surface area contributed by atoms with Gasteiger partial charge in [0.15, 0.2) is 11.6 Å². The van der Waals surface area contributed by atoms with Crippen LogP contribution in [0.15, 0.2) is 40.9 Å². The Hall–Kier alpha value is -1.62. The van der Waals surface area contributed by atoms with Gasteiger partial charge in [-0.05, 0) is 42.3 Å². The van der Waals surface area contributed by atoms with Crippen LogP contribution in [0.3, 0.4) is 0 Å². The summed E-state index contributed by atoms with van der Waals surface area (Å²) < 4.78 is 26.7. The number of anilines is 2. The fourth-order valence-corrected chi connectivity index (χ4v) is 2.11. The molecule has 0 spiro atoms. The molecule has 0 aliphatic carbocycles. The van der Waals surface area contributed by atoms with Crippen LogP contribution in [0, 0.1) is 11.6 Å². The van der Waals surface area contributed by atoms with Gasteiger partial charge < -0.3 is 11.1 Å². The van der Waals surface area contributed by atoms with Crippen molar-refractivity contribution in [3.05, 3.63) is 58.1 Å². The molecular weight excluding hydrogens is 314 g/mol. The first-order valence-corrected chi connectivity index (χ1v) is 6.58. The largest absolute Gasteiger partial charge is 0.397 e. The molecule has 0 saturated carbocycles. The highest BCUT2D eigenvalue weighted by molar-refractivity contribution is 9.10. The highest BCUT2D eigenvalue weighted by Gasteiger charge is 2.03. The zero-order valence-corrected chi connectivity index (χ0v) is 11.7. The molecule has 3 N–H and O–H groups in total. The maximum absolute atomic E-state index is 13.0. The molecule has 0 amide bonds. The van der Waals surface area contributed by atoms with Crippen molar-refractivity contribution in [2.24, 2.45) is 0 Å². The van der Waals surface area contributed by atoms with E-state index in [4.69, 9.17) is 5.73 Å². The molecule has 2 aromatic rings. The van der Waals surface area contributed by atoms with E-state index >= 15 is 0 Å². The third kappa shape index (κ3) is 3.67. The lowest BCUT2D eigenvalue weighted by Gasteiger charge is -2.09. The standard InChI is InChI=1S/C14H13BrF2N2/c15-10-2-4-14(13(18)8-10)19-6-5-9-1-3-11(16)12(17)7-9/h1-4,7-8,19H,5-6,18H2. The normalized spacial score (nSPS) is 10.5. The van der Waals surface area contributed by atoms with Crippen LogP contribution in [0.2, 0.25) is 0 Å². The first-order chi connectivity index (χ1) is 9.06. The summed E-state index contributed by atoms with van der Waals surface area (Å²) in [7, 11) is 0. The third-order valence-corrected chi connectivity index (χ3v) is 3.22. The van der Waals surface area contributed by atoms with E-state index in [1.54, 1.807) is 12.1 Å². The van der Waals surface area contributed by atoms with Crippen LogP contribution >= 0.6 is 15.9 Å². The summed E-state index contributed by atoms with van der Waals surface area (Å²) in [5.41, 5.74) is 8.04. The van der Waals surface area contributed by atoms with Crippen LogP contribution in [0.5, 0.6) is 0 Å². The number of hydrogen-bond donors (Lipinski definition) is 2. The van der Waals surface area contributed by atoms with Crippen molar-refractivity contribution < 1.29 is 8.78 Å². The molecule has 0 aromatic heterocycles. The van der Waals surface area contributed by atoms with Crippen LogP contribution in [0.25, 0.3) is 0 Å². The van der Waals surface area contributed by atoms with E-state index in [1.165, 1.54) is 6.07 Å². The molecular formula is C14H13BrF2N2. The lowest BCUT2D eigenvalue weighted by atomic mass is 10.1. The maximum atomic E-state index is 13.0. The number of halogens is 3. The van der Waals surface area contributed by atoms with E-state index in [0.717, 1.165) is 21.8 Å². The highest BCUT2D eigenvalue weighted by atomic mass is 79.9. The van der Waals surface area contributed by atoms with Gasteiger partial charge in [-0.1, -0.05) is 22.0 Å². The van der Waals surface area contributed by atoms with Gasteiger partial charge in [0.25, 0.3) is 0 Å². The fraction of sp³-hybridized carbons (Fsp3) is 0.143. The molecule has 0 atom stereocenters. The molecule has 5 heteroatoms. The van der Waals surface area contributed by atoms with Crippen molar-refractivity contribution in [2.45, 2.75) is 6.42 Å². The SMILES string of the molecule is Nc1cc(Br)ccc1NCCc1ccc(F)c(F)c1. The molecule has 0 fully saturated rings. The molecule has 2 nitrogen and oxygen atoms in total. The van der Waals surface area contributed by atoms with Gasteiger partial charge in [-0.3, -0.25) is 0 Å². The molecule has 19 heavy (non-hydrogen) atoms. The second-order valence-electron chi connectivity index (χ2n) is 4.16. The number of nitrogen functional groups attached to an aromatic ring is 1. The van der Waals surface area contributed by atoms with Gasteiger partial charge in [-0.2, -0.15) is 0 Å². The Bertz CT molecular complexity index is 588. The zero-order chi connectivity index (χ0) is 13.8. The van der Waals surface area contributed by atoms with E-state index in [2.05, 4.69) is 21.2 Å². The van der Waals surface area contributed by atoms with Crippen molar-refractivity contribution in [1.82, 2.24) is 0 Å². The van der Waals surface area contributed by atoms with Gasteiger partial charge in [0.05, 0.1) is 11.4 Å². The molecule has 0 aliphatic heterocycles. The second kappa shape index (κ2) is 6.02. The summed E-state index contributed by atoms with van der Waals surface area (Å²) in [6.07, 6.45) is 0.590. The number of benzene rings is 2. The molecule has 0 bridgehead atoms. The minimum atomic E-state index is -0.825. The van der Waals surface area contributed by atoms with E-state index in [0.29, 0.717) is 18.7 Å². The maximum Gasteiger partial charge on any atom is 0.159 e. The van der Waals surface area contributed by atoms with Crippen molar-refractivity contribution in [3.63, 3.8) is 0 Å². The Labute approximate surface area is 118 Å². The van der Waals surface area contributed by atoms with Gasteiger partial charge >= 0.3 is 0 Å². The molecule has 2 aromatic carbocycles. The van der Waals surface area contributed by atoms with E-state index < -0.39 is 11.6 Å². The topological polar surface area (TPSA) is 38.0 Å². The predicted molar refractivity (Wildman–Crippen MR) is 77.1 cm³/mol. The highest BCUT2D eigenvalue weighted by Crippen LogP contribution is 2.22. The van der Waals surface area contributed by atoms with Gasteiger partial charge in [-0.15, -0.1) is 0 Å². The summed E-state index contributed by atoms with van der Waals surface area (Å²) in [5.74, 6) is -1.64. The van der Waals surface area contributed by atoms with Crippen LogP contribution in [-0.2, 0) is 6.42 Å². The van der Waals surface area contributed by atoms with Crippen LogP contribution in [0.4, 0.5) is 20.2 Å². The van der Waals surface area contributed by atoms with Crippen molar-refractivity contribution in [1.29, 1.82) is 0 Å². The molecule has 0 aliphatic rings. The zero-order valence-electron chi connectivity index (χ0n) is 10.1. The predicted octanol–water partition coefficient (Wildman–Crippen LogP) is 3.96. The smallest absolute Gasteiger partial charge is 0.159 e. The van der Waals surface area contributed by atoms with E-state index in [1.807, 2.05) is 12.1 Å². The number of nitrogens with one attached hydrogen (secondary N) is 1. The van der Waals surface area contributed by atoms with Gasteiger partial charge in [-0.25, -0.2) is 8.78 Å². The summed E-state index contributed by atoms with van der Waals surface area (Å²) in [6.45, 7) is 0.594. The van der Waals surface area contributed by atoms with Gasteiger partial charge in [0.1, 0.15) is 0 Å². The quantitative estimate of drug-likeness (QED) is 0.834. The van der Waals surface area contributed by atoms with Crippen LogP contribution in [0.1, 0.15) is 5.56 Å². The summed E-state index contributed by atoms with van der Waals surface area (Å²) in [4.78, 5) is 0. The molecule has 0 saturated heterocycles. The lowest BCUT2D eigenvalue weighted by molar-refractivity contribution is 0.507. The minimum absolute atomic E-state index is 0.590. The lowest BCUT2D eigenvalue weighted by Crippen LogP contribution is -2.07. The summed E-state index contributed by atoms with van der Waals surface area (Å²) in [5, 5.41) is 3.16. The van der Waals surface area contributed by atoms with Crippen LogP contribution in [-0.4, -0.2) is 6.54 Å². The third-order valence-electron chi connectivity index (χ3n) is 2.73. The Morgan fingerprint density at radius 2 is 1.84 bits per heavy atom. The molecule has 0 unspecified atom stereocenters. The Morgan fingerprint density at radius 3 is 2.53 bits per heavy atom. The second-order valence-corrected chi connectivity index (χ2v) is 5.07. The van der Waals surface area contributed by atoms with Crippen molar-refractivity contribution in [3.8, 4) is 0 Å².